The average molecular weight is 525 g/mol. The molecule has 0 atom stereocenters. The number of hydrogen-bond acceptors (Lipinski definition) is 6. The zero-order chi connectivity index (χ0) is 28.7. The van der Waals surface area contributed by atoms with Crippen molar-refractivity contribution in [2.45, 2.75) is 93.3 Å². The molecule has 0 heterocycles. The Morgan fingerprint density at radius 2 is 1.42 bits per heavy atom. The van der Waals surface area contributed by atoms with Gasteiger partial charge in [0, 0.05) is 5.56 Å². The number of aryl methyl sites for hydroxylation is 1. The van der Waals surface area contributed by atoms with Crippen LogP contribution in [0.15, 0.2) is 42.5 Å². The maximum atomic E-state index is 13.1. The molecule has 2 aromatic rings. The second-order valence-electron chi connectivity index (χ2n) is 12.3. The third-order valence-corrected chi connectivity index (χ3v) is 5.15. The first-order chi connectivity index (χ1) is 17.5. The average Bonchev–Trinajstić information content (AvgIpc) is 2.78. The van der Waals surface area contributed by atoms with E-state index in [1.54, 1.807) is 51.1 Å². The fraction of sp³-hybridized carbons (Fsp3) is 0.500. The van der Waals surface area contributed by atoms with Gasteiger partial charge < -0.3 is 18.9 Å². The molecular formula is C32H44O6. The molecule has 0 saturated heterocycles. The molecule has 0 aliphatic rings. The van der Waals surface area contributed by atoms with Crippen molar-refractivity contribution in [3.63, 3.8) is 0 Å². The minimum absolute atomic E-state index is 0.167. The van der Waals surface area contributed by atoms with Gasteiger partial charge in [-0.05, 0) is 117 Å². The Labute approximate surface area is 228 Å². The molecule has 0 aliphatic carbocycles. The standard InChI is InChI=1S/C32H44O6/c1-11-12-23-15-20-27(37-31(5,6)7)25(28(23)38-32(8,9)10)18-19-26(33)22-13-16-24(17-14-22)35-21-36-29(34)30(2,3)4/h13-20H,11-12,21H2,1-10H3/b19-18+. The summed E-state index contributed by atoms with van der Waals surface area (Å²) < 4.78 is 23.3. The van der Waals surface area contributed by atoms with Crippen LogP contribution in [0.1, 0.15) is 97.1 Å². The van der Waals surface area contributed by atoms with Crippen LogP contribution in [0.2, 0.25) is 0 Å². The van der Waals surface area contributed by atoms with Crippen LogP contribution in [-0.4, -0.2) is 29.7 Å². The Hall–Kier alpha value is -3.28. The molecule has 0 fully saturated rings. The molecule has 0 radical (unpaired) electrons. The summed E-state index contributed by atoms with van der Waals surface area (Å²) in [5.41, 5.74) is 0.875. The van der Waals surface area contributed by atoms with Gasteiger partial charge in [-0.25, -0.2) is 0 Å². The van der Waals surface area contributed by atoms with E-state index >= 15 is 0 Å². The van der Waals surface area contributed by atoms with Gasteiger partial charge in [0.15, 0.2) is 5.78 Å². The van der Waals surface area contributed by atoms with E-state index in [9.17, 15) is 9.59 Å². The molecule has 0 amide bonds. The fourth-order valence-corrected chi connectivity index (χ4v) is 3.43. The molecule has 0 N–H and O–H groups in total. The summed E-state index contributed by atoms with van der Waals surface area (Å²) in [6.07, 6.45) is 5.13. The molecule has 0 bridgehead atoms. The molecule has 2 rings (SSSR count). The molecule has 2 aromatic carbocycles. The van der Waals surface area contributed by atoms with Crippen molar-refractivity contribution in [1.82, 2.24) is 0 Å². The van der Waals surface area contributed by atoms with E-state index in [1.807, 2.05) is 53.7 Å². The zero-order valence-corrected chi connectivity index (χ0v) is 24.7. The van der Waals surface area contributed by atoms with Gasteiger partial charge in [-0.2, -0.15) is 0 Å². The number of rotatable bonds is 10. The van der Waals surface area contributed by atoms with Crippen LogP contribution >= 0.6 is 0 Å². The van der Waals surface area contributed by atoms with Crippen LogP contribution in [0.5, 0.6) is 17.2 Å². The molecule has 0 spiro atoms. The lowest BCUT2D eigenvalue weighted by molar-refractivity contribution is -0.159. The highest BCUT2D eigenvalue weighted by Gasteiger charge is 2.24. The summed E-state index contributed by atoms with van der Waals surface area (Å²) in [6.45, 7) is 19.3. The number of ketones is 1. The molecule has 0 saturated carbocycles. The lowest BCUT2D eigenvalue weighted by Crippen LogP contribution is -2.26. The molecular weight excluding hydrogens is 480 g/mol. The summed E-state index contributed by atoms with van der Waals surface area (Å²) in [5.74, 6) is 1.39. The third-order valence-electron chi connectivity index (χ3n) is 5.15. The van der Waals surface area contributed by atoms with Gasteiger partial charge in [-0.1, -0.05) is 19.4 Å². The molecule has 208 valence electrons. The van der Waals surface area contributed by atoms with Crippen molar-refractivity contribution in [3.8, 4) is 17.2 Å². The second kappa shape index (κ2) is 12.5. The van der Waals surface area contributed by atoms with E-state index in [1.165, 1.54) is 6.08 Å². The maximum absolute atomic E-state index is 13.1. The van der Waals surface area contributed by atoms with Crippen LogP contribution in [0.4, 0.5) is 0 Å². The summed E-state index contributed by atoms with van der Waals surface area (Å²) in [5, 5.41) is 0. The Balaban J connectivity index is 2.30. The highest BCUT2D eigenvalue weighted by Crippen LogP contribution is 2.38. The van der Waals surface area contributed by atoms with Gasteiger partial charge >= 0.3 is 5.97 Å². The summed E-state index contributed by atoms with van der Waals surface area (Å²) in [7, 11) is 0. The first-order valence-corrected chi connectivity index (χ1v) is 13.2. The number of carbonyl (C=O) groups is 2. The van der Waals surface area contributed by atoms with Crippen molar-refractivity contribution in [3.05, 3.63) is 59.2 Å². The first kappa shape index (κ1) is 30.9. The highest BCUT2D eigenvalue weighted by molar-refractivity contribution is 6.07. The maximum Gasteiger partial charge on any atom is 0.314 e. The van der Waals surface area contributed by atoms with Crippen LogP contribution in [-0.2, 0) is 16.0 Å². The van der Waals surface area contributed by atoms with Crippen molar-refractivity contribution in [1.29, 1.82) is 0 Å². The minimum Gasteiger partial charge on any atom is -0.487 e. The van der Waals surface area contributed by atoms with Crippen molar-refractivity contribution in [2.75, 3.05) is 6.79 Å². The largest absolute Gasteiger partial charge is 0.487 e. The SMILES string of the molecule is CCCc1ccc(OC(C)(C)C)c(/C=C/C(=O)c2ccc(OCOC(=O)C(C)(C)C)cc2)c1OC(C)(C)C. The lowest BCUT2D eigenvalue weighted by atomic mass is 9.98. The molecule has 38 heavy (non-hydrogen) atoms. The lowest BCUT2D eigenvalue weighted by Gasteiger charge is -2.28. The Bertz CT molecular complexity index is 1120. The van der Waals surface area contributed by atoms with Gasteiger partial charge in [-0.15, -0.1) is 0 Å². The summed E-state index contributed by atoms with van der Waals surface area (Å²) in [4.78, 5) is 24.9. The monoisotopic (exact) mass is 524 g/mol. The van der Waals surface area contributed by atoms with Crippen molar-refractivity contribution < 1.29 is 28.5 Å². The van der Waals surface area contributed by atoms with Crippen molar-refractivity contribution in [2.24, 2.45) is 5.41 Å². The third kappa shape index (κ3) is 9.88. The van der Waals surface area contributed by atoms with Gasteiger partial charge in [0.1, 0.15) is 28.5 Å². The normalized spacial score (nSPS) is 12.4. The van der Waals surface area contributed by atoms with E-state index in [0.717, 1.165) is 29.7 Å². The first-order valence-electron chi connectivity index (χ1n) is 13.2. The smallest absolute Gasteiger partial charge is 0.314 e. The van der Waals surface area contributed by atoms with Crippen LogP contribution in [0.25, 0.3) is 6.08 Å². The van der Waals surface area contributed by atoms with E-state index in [-0.39, 0.29) is 18.5 Å². The Kier molecular flexibility index (Phi) is 10.2. The van der Waals surface area contributed by atoms with Crippen LogP contribution in [0, 0.1) is 5.41 Å². The zero-order valence-electron chi connectivity index (χ0n) is 24.7. The van der Waals surface area contributed by atoms with Gasteiger partial charge in [-0.3, -0.25) is 9.59 Å². The highest BCUT2D eigenvalue weighted by atomic mass is 16.7. The number of carbonyl (C=O) groups excluding carboxylic acids is 2. The van der Waals surface area contributed by atoms with Crippen LogP contribution in [0.3, 0.4) is 0 Å². The molecule has 0 unspecified atom stereocenters. The fourth-order valence-electron chi connectivity index (χ4n) is 3.43. The van der Waals surface area contributed by atoms with Gasteiger partial charge in [0.25, 0.3) is 0 Å². The molecule has 0 aliphatic heterocycles. The summed E-state index contributed by atoms with van der Waals surface area (Å²) in [6, 6.07) is 10.7. The predicted molar refractivity (Wildman–Crippen MR) is 152 cm³/mol. The van der Waals surface area contributed by atoms with Crippen LogP contribution < -0.4 is 14.2 Å². The minimum atomic E-state index is -0.600. The Morgan fingerprint density at radius 3 is 1.95 bits per heavy atom. The van der Waals surface area contributed by atoms with Gasteiger partial charge in [0.05, 0.1) is 11.0 Å². The van der Waals surface area contributed by atoms with E-state index in [4.69, 9.17) is 18.9 Å². The van der Waals surface area contributed by atoms with Gasteiger partial charge in [0.2, 0.25) is 6.79 Å². The quantitative estimate of drug-likeness (QED) is 0.137. The van der Waals surface area contributed by atoms with E-state index in [0.29, 0.717) is 17.1 Å². The Morgan fingerprint density at radius 1 is 0.816 bits per heavy atom. The molecule has 0 aromatic heterocycles. The number of esters is 1. The number of hydrogen-bond donors (Lipinski definition) is 0. The number of benzene rings is 2. The van der Waals surface area contributed by atoms with E-state index in [2.05, 4.69) is 6.92 Å². The molecule has 6 heteroatoms. The predicted octanol–water partition coefficient (Wildman–Crippen LogP) is 7.82. The number of allylic oxidation sites excluding steroid dienone is 1. The van der Waals surface area contributed by atoms with Crippen molar-refractivity contribution >= 4 is 17.8 Å². The second-order valence-corrected chi connectivity index (χ2v) is 12.3. The van der Waals surface area contributed by atoms with E-state index < -0.39 is 16.6 Å². The molecule has 6 nitrogen and oxygen atoms in total. The topological polar surface area (TPSA) is 71.1 Å². The number of ether oxygens (including phenoxy) is 4. The summed E-state index contributed by atoms with van der Waals surface area (Å²) >= 11 is 0.